The molecule has 0 radical (unpaired) electrons. The second-order valence-corrected chi connectivity index (χ2v) is 5.57. The Labute approximate surface area is 124 Å². The van der Waals surface area contributed by atoms with Crippen molar-refractivity contribution < 1.29 is 4.74 Å². The van der Waals surface area contributed by atoms with Gasteiger partial charge in [0, 0.05) is 35.5 Å². The van der Waals surface area contributed by atoms with Gasteiger partial charge in [0.25, 0.3) is 0 Å². The minimum atomic E-state index is 0.253. The molecule has 0 fully saturated rings. The molecule has 5 heteroatoms. The van der Waals surface area contributed by atoms with Crippen molar-refractivity contribution in [3.63, 3.8) is 0 Å². The van der Waals surface area contributed by atoms with Gasteiger partial charge in [-0.15, -0.1) is 11.8 Å². The van der Waals surface area contributed by atoms with Gasteiger partial charge in [0.15, 0.2) is 0 Å². The highest BCUT2D eigenvalue weighted by Gasteiger charge is 2.14. The standard InChI is InChI=1S/C15H21N3OS/c1-4-19-15-8-6-5-7-13(15)14(16-2)11-20-12-9-17-18(3)10-12/h5-10,14,16H,4,11H2,1-3H3. The fraction of sp³-hybridized carbons (Fsp3) is 0.400. The smallest absolute Gasteiger partial charge is 0.124 e. The van der Waals surface area contributed by atoms with Gasteiger partial charge in [-0.2, -0.15) is 5.10 Å². The maximum absolute atomic E-state index is 5.71. The highest BCUT2D eigenvalue weighted by Crippen LogP contribution is 2.29. The van der Waals surface area contributed by atoms with E-state index in [2.05, 4.69) is 22.5 Å². The quantitative estimate of drug-likeness (QED) is 0.796. The van der Waals surface area contributed by atoms with Crippen LogP contribution in [0.2, 0.25) is 0 Å². The summed E-state index contributed by atoms with van der Waals surface area (Å²) in [5.41, 5.74) is 1.20. The number of aromatic nitrogens is 2. The van der Waals surface area contributed by atoms with Crippen LogP contribution in [-0.4, -0.2) is 29.2 Å². The normalized spacial score (nSPS) is 12.3. The van der Waals surface area contributed by atoms with Gasteiger partial charge in [-0.05, 0) is 20.0 Å². The van der Waals surface area contributed by atoms with E-state index in [0.717, 1.165) is 11.5 Å². The third-order valence-corrected chi connectivity index (χ3v) is 4.08. The van der Waals surface area contributed by atoms with Crippen molar-refractivity contribution in [2.45, 2.75) is 17.9 Å². The molecule has 2 rings (SSSR count). The molecule has 0 aliphatic heterocycles. The number of rotatable bonds is 7. The Morgan fingerprint density at radius 3 is 2.85 bits per heavy atom. The predicted octanol–water partition coefficient (Wildman–Crippen LogP) is 2.87. The third-order valence-electron chi connectivity index (χ3n) is 3.04. The van der Waals surface area contributed by atoms with Gasteiger partial charge in [0.1, 0.15) is 5.75 Å². The summed E-state index contributed by atoms with van der Waals surface area (Å²) in [6, 6.07) is 8.46. The molecule has 1 heterocycles. The van der Waals surface area contributed by atoms with Crippen LogP contribution in [0.5, 0.6) is 5.75 Å². The maximum Gasteiger partial charge on any atom is 0.124 e. The van der Waals surface area contributed by atoms with Crippen LogP contribution in [0, 0.1) is 0 Å². The zero-order valence-corrected chi connectivity index (χ0v) is 13.0. The van der Waals surface area contributed by atoms with E-state index >= 15 is 0 Å². The molecular formula is C15H21N3OS. The summed E-state index contributed by atoms with van der Waals surface area (Å²) in [5.74, 6) is 1.90. The Hall–Kier alpha value is -1.46. The molecule has 0 amide bonds. The van der Waals surface area contributed by atoms with E-state index in [9.17, 15) is 0 Å². The fourth-order valence-corrected chi connectivity index (χ4v) is 3.09. The van der Waals surface area contributed by atoms with E-state index in [1.807, 2.05) is 50.2 Å². The Bertz CT molecular complexity index is 541. The first kappa shape index (κ1) is 14.9. The molecule has 1 unspecified atom stereocenters. The van der Waals surface area contributed by atoms with Crippen LogP contribution in [0.3, 0.4) is 0 Å². The van der Waals surface area contributed by atoms with Crippen molar-refractivity contribution >= 4 is 11.8 Å². The van der Waals surface area contributed by atoms with Crippen LogP contribution >= 0.6 is 11.8 Å². The molecule has 4 nitrogen and oxygen atoms in total. The molecule has 1 N–H and O–H groups in total. The first-order valence-corrected chi connectivity index (χ1v) is 7.73. The molecule has 0 spiro atoms. The molecule has 0 saturated carbocycles. The molecule has 1 atom stereocenters. The second kappa shape index (κ2) is 7.36. The maximum atomic E-state index is 5.71. The molecule has 0 bridgehead atoms. The van der Waals surface area contributed by atoms with Gasteiger partial charge in [-0.3, -0.25) is 4.68 Å². The summed E-state index contributed by atoms with van der Waals surface area (Å²) in [5, 5.41) is 7.56. The molecule has 0 aliphatic rings. The number of hydrogen-bond acceptors (Lipinski definition) is 4. The zero-order valence-electron chi connectivity index (χ0n) is 12.2. The van der Waals surface area contributed by atoms with Crippen LogP contribution < -0.4 is 10.1 Å². The molecule has 2 aromatic rings. The highest BCUT2D eigenvalue weighted by molar-refractivity contribution is 7.99. The SMILES string of the molecule is CCOc1ccccc1C(CSc1cnn(C)c1)NC. The Balaban J connectivity index is 2.07. The molecule has 108 valence electrons. The summed E-state index contributed by atoms with van der Waals surface area (Å²) in [4.78, 5) is 1.18. The number of benzene rings is 1. The molecule has 0 aliphatic carbocycles. The predicted molar refractivity (Wildman–Crippen MR) is 83.3 cm³/mol. The average Bonchev–Trinajstić information content (AvgIpc) is 2.87. The molecule has 0 saturated heterocycles. The van der Waals surface area contributed by atoms with Crippen molar-refractivity contribution in [3.8, 4) is 5.75 Å². The van der Waals surface area contributed by atoms with Crippen LogP contribution in [0.1, 0.15) is 18.5 Å². The summed E-state index contributed by atoms with van der Waals surface area (Å²) in [7, 11) is 3.92. The first-order chi connectivity index (χ1) is 9.74. The van der Waals surface area contributed by atoms with Crippen LogP contribution in [0.25, 0.3) is 0 Å². The van der Waals surface area contributed by atoms with Crippen molar-refractivity contribution in [3.05, 3.63) is 42.2 Å². The lowest BCUT2D eigenvalue weighted by atomic mass is 10.1. The highest BCUT2D eigenvalue weighted by atomic mass is 32.2. The van der Waals surface area contributed by atoms with E-state index in [4.69, 9.17) is 4.74 Å². The van der Waals surface area contributed by atoms with Crippen molar-refractivity contribution in [1.82, 2.24) is 15.1 Å². The number of thioether (sulfide) groups is 1. The lowest BCUT2D eigenvalue weighted by molar-refractivity contribution is 0.333. The molecule has 1 aromatic heterocycles. The van der Waals surface area contributed by atoms with Crippen LogP contribution in [0.15, 0.2) is 41.6 Å². The lowest BCUT2D eigenvalue weighted by Crippen LogP contribution is -2.19. The van der Waals surface area contributed by atoms with Gasteiger partial charge in [0.2, 0.25) is 0 Å². The average molecular weight is 291 g/mol. The second-order valence-electron chi connectivity index (χ2n) is 4.47. The zero-order chi connectivity index (χ0) is 14.4. The number of hydrogen-bond donors (Lipinski definition) is 1. The molecule has 1 aromatic carbocycles. The summed E-state index contributed by atoms with van der Waals surface area (Å²) < 4.78 is 7.53. The Morgan fingerprint density at radius 1 is 1.40 bits per heavy atom. The van der Waals surface area contributed by atoms with E-state index < -0.39 is 0 Å². The van der Waals surface area contributed by atoms with E-state index in [1.54, 1.807) is 11.8 Å². The number of ether oxygens (including phenoxy) is 1. The van der Waals surface area contributed by atoms with Gasteiger partial charge >= 0.3 is 0 Å². The monoisotopic (exact) mass is 291 g/mol. The van der Waals surface area contributed by atoms with Gasteiger partial charge < -0.3 is 10.1 Å². The number of nitrogens with zero attached hydrogens (tertiary/aromatic N) is 2. The number of nitrogens with one attached hydrogen (secondary N) is 1. The van der Waals surface area contributed by atoms with Gasteiger partial charge in [0.05, 0.1) is 12.8 Å². The van der Waals surface area contributed by atoms with Crippen molar-refractivity contribution in [2.24, 2.45) is 7.05 Å². The van der Waals surface area contributed by atoms with Crippen molar-refractivity contribution in [2.75, 3.05) is 19.4 Å². The van der Waals surface area contributed by atoms with Gasteiger partial charge in [-0.1, -0.05) is 18.2 Å². The Morgan fingerprint density at radius 2 is 2.20 bits per heavy atom. The Kier molecular flexibility index (Phi) is 5.49. The van der Waals surface area contributed by atoms with E-state index in [0.29, 0.717) is 6.61 Å². The van der Waals surface area contributed by atoms with E-state index in [-0.39, 0.29) is 6.04 Å². The topological polar surface area (TPSA) is 39.1 Å². The summed E-state index contributed by atoms with van der Waals surface area (Å²) >= 11 is 1.79. The minimum Gasteiger partial charge on any atom is -0.494 e. The summed E-state index contributed by atoms with van der Waals surface area (Å²) in [6.45, 7) is 2.69. The lowest BCUT2D eigenvalue weighted by Gasteiger charge is -2.19. The van der Waals surface area contributed by atoms with Crippen LogP contribution in [0.4, 0.5) is 0 Å². The van der Waals surface area contributed by atoms with Crippen LogP contribution in [-0.2, 0) is 7.05 Å². The number of aryl methyl sites for hydroxylation is 1. The largest absolute Gasteiger partial charge is 0.494 e. The molecular weight excluding hydrogens is 270 g/mol. The van der Waals surface area contributed by atoms with Crippen molar-refractivity contribution in [1.29, 1.82) is 0 Å². The first-order valence-electron chi connectivity index (χ1n) is 6.75. The fourth-order valence-electron chi connectivity index (χ4n) is 2.04. The van der Waals surface area contributed by atoms with Gasteiger partial charge in [-0.25, -0.2) is 0 Å². The van der Waals surface area contributed by atoms with E-state index in [1.165, 1.54) is 10.5 Å². The minimum absolute atomic E-state index is 0.253. The summed E-state index contributed by atoms with van der Waals surface area (Å²) in [6.07, 6.45) is 3.93. The third kappa shape index (κ3) is 3.77. The number of para-hydroxylation sites is 1. The molecule has 20 heavy (non-hydrogen) atoms.